The second-order valence-electron chi connectivity index (χ2n) is 4.03. The number of nitro benzene ring substituents is 1. The Labute approximate surface area is 118 Å². The molecule has 21 heavy (non-hydrogen) atoms. The predicted octanol–water partition coefficient (Wildman–Crippen LogP) is 2.86. The third-order valence-corrected chi connectivity index (χ3v) is 2.70. The molecule has 0 aromatic heterocycles. The first-order chi connectivity index (χ1) is 10.0. The van der Waals surface area contributed by atoms with E-state index in [1.807, 2.05) is 6.07 Å². The highest BCUT2D eigenvalue weighted by Crippen LogP contribution is 2.20. The molecule has 0 radical (unpaired) electrons. The van der Waals surface area contributed by atoms with Gasteiger partial charge in [0.25, 0.3) is 5.91 Å². The van der Waals surface area contributed by atoms with Crippen LogP contribution in [0.1, 0.15) is 15.9 Å². The molecule has 0 spiro atoms. The number of amides is 1. The van der Waals surface area contributed by atoms with E-state index in [1.54, 1.807) is 12.1 Å². The van der Waals surface area contributed by atoms with Gasteiger partial charge in [0.05, 0.1) is 16.2 Å². The first kappa shape index (κ1) is 14.1. The van der Waals surface area contributed by atoms with Gasteiger partial charge >= 0.3 is 5.69 Å². The quantitative estimate of drug-likeness (QED) is 0.692. The number of rotatable bonds is 3. The number of anilines is 1. The number of hydrogen-bond donors (Lipinski definition) is 1. The Morgan fingerprint density at radius 3 is 2.62 bits per heavy atom. The van der Waals surface area contributed by atoms with Crippen molar-refractivity contribution in [3.63, 3.8) is 0 Å². The van der Waals surface area contributed by atoms with Gasteiger partial charge < -0.3 is 5.32 Å². The highest BCUT2D eigenvalue weighted by Gasteiger charge is 2.17. The lowest BCUT2D eigenvalue weighted by Crippen LogP contribution is -2.13. The topological polar surface area (TPSA) is 96.0 Å². The molecule has 0 fully saturated rings. The Kier molecular flexibility index (Phi) is 3.90. The summed E-state index contributed by atoms with van der Waals surface area (Å²) in [5.41, 5.74) is -0.244. The van der Waals surface area contributed by atoms with Crippen LogP contribution in [0.2, 0.25) is 0 Å². The van der Waals surface area contributed by atoms with Crippen molar-refractivity contribution >= 4 is 17.3 Å². The Balaban J connectivity index is 2.27. The van der Waals surface area contributed by atoms with Crippen LogP contribution >= 0.6 is 0 Å². The molecule has 0 atom stereocenters. The van der Waals surface area contributed by atoms with Crippen molar-refractivity contribution in [1.29, 1.82) is 5.26 Å². The van der Waals surface area contributed by atoms with Crippen molar-refractivity contribution in [2.45, 2.75) is 0 Å². The van der Waals surface area contributed by atoms with Crippen LogP contribution in [0.15, 0.2) is 42.5 Å². The summed E-state index contributed by atoms with van der Waals surface area (Å²) < 4.78 is 13.5. The average molecular weight is 285 g/mol. The van der Waals surface area contributed by atoms with E-state index in [0.717, 1.165) is 18.2 Å². The van der Waals surface area contributed by atoms with E-state index in [-0.39, 0.29) is 16.8 Å². The normalized spacial score (nSPS) is 9.71. The lowest BCUT2D eigenvalue weighted by Gasteiger charge is -2.06. The third-order valence-electron chi connectivity index (χ3n) is 2.70. The van der Waals surface area contributed by atoms with Gasteiger partial charge in [0.2, 0.25) is 5.82 Å². The molecule has 2 rings (SSSR count). The van der Waals surface area contributed by atoms with Crippen LogP contribution < -0.4 is 5.32 Å². The predicted molar refractivity (Wildman–Crippen MR) is 72.2 cm³/mol. The number of carbonyl (C=O) groups is 1. The van der Waals surface area contributed by atoms with Crippen molar-refractivity contribution in [1.82, 2.24) is 0 Å². The number of carbonyl (C=O) groups excluding carboxylic acids is 1. The molecule has 0 saturated heterocycles. The molecular formula is C14H8FN3O3. The van der Waals surface area contributed by atoms with Crippen molar-refractivity contribution in [2.75, 3.05) is 5.32 Å². The molecule has 7 heteroatoms. The Bertz CT molecular complexity index is 768. The number of para-hydroxylation sites is 1. The molecule has 1 amide bonds. The summed E-state index contributed by atoms with van der Waals surface area (Å²) in [4.78, 5) is 21.6. The van der Waals surface area contributed by atoms with Crippen LogP contribution in [0.3, 0.4) is 0 Å². The van der Waals surface area contributed by atoms with Gasteiger partial charge in [-0.25, -0.2) is 0 Å². The minimum Gasteiger partial charge on any atom is -0.321 e. The van der Waals surface area contributed by atoms with Crippen molar-refractivity contribution < 1.29 is 14.1 Å². The van der Waals surface area contributed by atoms with Crippen molar-refractivity contribution in [3.05, 3.63) is 69.5 Å². The van der Waals surface area contributed by atoms with Crippen LogP contribution in [0.25, 0.3) is 0 Å². The van der Waals surface area contributed by atoms with Crippen LogP contribution in [-0.2, 0) is 0 Å². The number of hydrogen-bond acceptors (Lipinski definition) is 4. The number of nitriles is 1. The highest BCUT2D eigenvalue weighted by atomic mass is 19.1. The molecule has 2 aromatic carbocycles. The van der Waals surface area contributed by atoms with Gasteiger partial charge in [-0.3, -0.25) is 14.9 Å². The summed E-state index contributed by atoms with van der Waals surface area (Å²) in [5, 5.41) is 21.9. The zero-order valence-corrected chi connectivity index (χ0v) is 10.5. The fourth-order valence-electron chi connectivity index (χ4n) is 1.68. The molecule has 1 N–H and O–H groups in total. The van der Waals surface area contributed by atoms with Crippen molar-refractivity contribution in [2.24, 2.45) is 0 Å². The Hall–Kier alpha value is -3.27. The molecule has 6 nitrogen and oxygen atoms in total. The summed E-state index contributed by atoms with van der Waals surface area (Å²) in [5.74, 6) is -1.76. The summed E-state index contributed by atoms with van der Waals surface area (Å²) in [6.45, 7) is 0. The molecule has 0 aliphatic heterocycles. The summed E-state index contributed by atoms with van der Waals surface area (Å²) in [6.07, 6.45) is 0. The molecule has 104 valence electrons. The number of benzene rings is 2. The first-order valence-electron chi connectivity index (χ1n) is 5.77. The van der Waals surface area contributed by atoms with Gasteiger partial charge in [0.1, 0.15) is 6.07 Å². The average Bonchev–Trinajstić information content (AvgIpc) is 2.47. The third kappa shape index (κ3) is 3.01. The molecule has 0 heterocycles. The molecule has 0 saturated carbocycles. The van der Waals surface area contributed by atoms with E-state index in [9.17, 15) is 19.3 Å². The molecule has 2 aromatic rings. The molecule has 0 aliphatic carbocycles. The van der Waals surface area contributed by atoms with Crippen molar-refractivity contribution in [3.8, 4) is 6.07 Å². The van der Waals surface area contributed by atoms with Crippen LogP contribution in [-0.4, -0.2) is 10.8 Å². The second kappa shape index (κ2) is 5.79. The van der Waals surface area contributed by atoms with Crippen LogP contribution in [0.4, 0.5) is 15.8 Å². The highest BCUT2D eigenvalue weighted by molar-refractivity contribution is 6.05. The monoisotopic (exact) mass is 285 g/mol. The van der Waals surface area contributed by atoms with Crippen LogP contribution in [0, 0.1) is 27.3 Å². The fourth-order valence-corrected chi connectivity index (χ4v) is 1.68. The van der Waals surface area contributed by atoms with Gasteiger partial charge in [-0.1, -0.05) is 12.1 Å². The lowest BCUT2D eigenvalue weighted by molar-refractivity contribution is -0.387. The van der Waals surface area contributed by atoms with Crippen LogP contribution in [0.5, 0.6) is 0 Å². The molecular weight excluding hydrogens is 277 g/mol. The maximum Gasteiger partial charge on any atom is 0.304 e. The first-order valence-corrected chi connectivity index (χ1v) is 5.77. The number of halogens is 1. The Morgan fingerprint density at radius 2 is 2.00 bits per heavy atom. The van der Waals surface area contributed by atoms with E-state index < -0.39 is 22.3 Å². The molecule has 0 aliphatic rings. The van der Waals surface area contributed by atoms with E-state index in [4.69, 9.17) is 5.26 Å². The van der Waals surface area contributed by atoms with Gasteiger partial charge in [-0.05, 0) is 24.3 Å². The second-order valence-corrected chi connectivity index (χ2v) is 4.03. The van der Waals surface area contributed by atoms with Gasteiger partial charge in [0, 0.05) is 11.6 Å². The Morgan fingerprint density at radius 1 is 1.29 bits per heavy atom. The van der Waals surface area contributed by atoms with E-state index >= 15 is 0 Å². The van der Waals surface area contributed by atoms with E-state index in [2.05, 4.69) is 5.32 Å². The maximum absolute atomic E-state index is 13.5. The smallest absolute Gasteiger partial charge is 0.304 e. The summed E-state index contributed by atoms with van der Waals surface area (Å²) >= 11 is 0. The van der Waals surface area contributed by atoms with Gasteiger partial charge in [-0.15, -0.1) is 0 Å². The largest absolute Gasteiger partial charge is 0.321 e. The minimum absolute atomic E-state index is 0.0779. The van der Waals surface area contributed by atoms with Gasteiger partial charge in [-0.2, -0.15) is 9.65 Å². The SMILES string of the molecule is N#Cc1ccccc1NC(=O)c1ccc([N+](=O)[O-])c(F)c1. The standard InChI is InChI=1S/C14H8FN3O3/c15-11-7-9(5-6-13(11)18(20)21)14(19)17-12-4-2-1-3-10(12)8-16/h1-7H,(H,17,19). The molecule has 0 bridgehead atoms. The zero-order valence-electron chi connectivity index (χ0n) is 10.5. The number of nitro groups is 1. The summed E-state index contributed by atoms with van der Waals surface area (Å²) in [6, 6.07) is 11.1. The fraction of sp³-hybridized carbons (Fsp3) is 0. The van der Waals surface area contributed by atoms with E-state index in [1.165, 1.54) is 12.1 Å². The minimum atomic E-state index is -1.10. The number of nitrogens with zero attached hydrogens (tertiary/aromatic N) is 2. The zero-order chi connectivity index (χ0) is 15.4. The maximum atomic E-state index is 13.5. The number of nitrogens with one attached hydrogen (secondary N) is 1. The lowest BCUT2D eigenvalue weighted by atomic mass is 10.1. The summed E-state index contributed by atoms with van der Waals surface area (Å²) in [7, 11) is 0. The van der Waals surface area contributed by atoms with E-state index in [0.29, 0.717) is 0 Å². The van der Waals surface area contributed by atoms with Gasteiger partial charge in [0.15, 0.2) is 0 Å². The molecule has 0 unspecified atom stereocenters.